The van der Waals surface area contributed by atoms with Crippen LogP contribution in [0.3, 0.4) is 0 Å². The third-order valence-corrected chi connectivity index (χ3v) is 12.3. The molecule has 2 aromatic carbocycles. The molecular formula is C29H27F8N3O5S. The molecule has 0 radical (unpaired) electrons. The number of carbonyl (C=O) groups is 2. The number of rotatable bonds is 4. The zero-order valence-corrected chi connectivity index (χ0v) is 24.6. The Morgan fingerprint density at radius 3 is 2.13 bits per heavy atom. The molecule has 17 heteroatoms. The Hall–Kier alpha value is -3.63. The van der Waals surface area contributed by atoms with Crippen molar-refractivity contribution in [2.24, 2.45) is 5.92 Å². The van der Waals surface area contributed by atoms with E-state index >= 15 is 0 Å². The summed E-state index contributed by atoms with van der Waals surface area (Å²) in [5, 5.41) is 5.56. The van der Waals surface area contributed by atoms with Crippen molar-refractivity contribution in [1.29, 1.82) is 0 Å². The molecule has 4 aliphatic rings. The van der Waals surface area contributed by atoms with Crippen molar-refractivity contribution in [1.82, 2.24) is 15.5 Å². The van der Waals surface area contributed by atoms with Gasteiger partial charge >= 0.3 is 24.1 Å². The first kappa shape index (κ1) is 32.3. The van der Waals surface area contributed by atoms with Crippen LogP contribution in [0.5, 0.6) is 5.75 Å². The van der Waals surface area contributed by atoms with Gasteiger partial charge in [0.25, 0.3) is 0 Å². The predicted octanol–water partition coefficient (Wildman–Crippen LogP) is 5.02. The van der Waals surface area contributed by atoms with Gasteiger partial charge in [0.15, 0.2) is 9.84 Å². The number of hydrogen-bond acceptors (Lipinski definition) is 5. The molecule has 3 heterocycles. The first-order chi connectivity index (χ1) is 21.4. The maximum absolute atomic E-state index is 15.0. The standard InChI is InChI=1S/C29H27F8N3O5S/c30-18-2-4-19(5-3-18)46(43,44)26-11-12-40(23(41)16-7-9-25(10-8-16)15-38-24(42)39-25)22(26)14-45-21-13-17(1-6-20(21)26)27(31,28(32,33)34)29(35,36)37/h1-6,13,16,22H,7-12,14-15H2,(H2,38,39,42). The highest BCUT2D eigenvalue weighted by Gasteiger charge is 2.74. The van der Waals surface area contributed by atoms with Gasteiger partial charge in [0.1, 0.15) is 22.9 Å². The maximum Gasteiger partial charge on any atom is 0.435 e. The fourth-order valence-electron chi connectivity index (χ4n) is 7.34. The van der Waals surface area contributed by atoms with Gasteiger partial charge in [-0.05, 0) is 62.4 Å². The SMILES string of the molecule is O=C1NCC2(CCC(C(=O)N3CCC4(S(=O)(=O)c5ccc(F)cc5)c5ccc(C(F)(C(F)(F)F)C(F)(F)F)cc5OCC34)CC2)N1. The van der Waals surface area contributed by atoms with E-state index in [9.17, 15) is 53.1 Å². The number of ether oxygens (including phenoxy) is 1. The van der Waals surface area contributed by atoms with Crippen molar-refractivity contribution in [3.05, 3.63) is 59.4 Å². The molecule has 1 aliphatic carbocycles. The van der Waals surface area contributed by atoms with E-state index in [4.69, 9.17) is 4.74 Å². The highest BCUT2D eigenvalue weighted by molar-refractivity contribution is 7.92. The lowest BCUT2D eigenvalue weighted by molar-refractivity contribution is -0.348. The van der Waals surface area contributed by atoms with Crippen LogP contribution >= 0.6 is 0 Å². The highest BCUT2D eigenvalue weighted by atomic mass is 32.2. The minimum absolute atomic E-state index is 0.160. The van der Waals surface area contributed by atoms with E-state index in [1.54, 1.807) is 0 Å². The van der Waals surface area contributed by atoms with Crippen LogP contribution in [-0.2, 0) is 25.0 Å². The molecule has 1 saturated carbocycles. The number of hydrogen-bond donors (Lipinski definition) is 2. The second-order valence-electron chi connectivity index (χ2n) is 12.2. The Morgan fingerprint density at radius 1 is 0.935 bits per heavy atom. The first-order valence-electron chi connectivity index (χ1n) is 14.3. The summed E-state index contributed by atoms with van der Waals surface area (Å²) in [5.74, 6) is -2.47. The molecule has 1 spiro atoms. The topological polar surface area (TPSA) is 105 Å². The van der Waals surface area contributed by atoms with Crippen molar-refractivity contribution in [2.45, 2.75) is 71.3 Å². The summed E-state index contributed by atoms with van der Waals surface area (Å²) in [6.07, 6.45) is -11.5. The van der Waals surface area contributed by atoms with E-state index in [1.165, 1.54) is 4.90 Å². The van der Waals surface area contributed by atoms with Gasteiger partial charge < -0.3 is 20.3 Å². The van der Waals surface area contributed by atoms with E-state index < -0.39 is 84.6 Å². The number of fused-ring (bicyclic) bond motifs is 3. The molecule has 250 valence electrons. The fraction of sp³-hybridized carbons (Fsp3) is 0.517. The lowest BCUT2D eigenvalue weighted by atomic mass is 9.76. The maximum atomic E-state index is 15.0. The zero-order valence-electron chi connectivity index (χ0n) is 23.8. The Balaban J connectivity index is 1.41. The van der Waals surface area contributed by atoms with Crippen LogP contribution in [0.1, 0.15) is 43.2 Å². The minimum Gasteiger partial charge on any atom is -0.491 e. The van der Waals surface area contributed by atoms with Gasteiger partial charge in [0.2, 0.25) is 5.91 Å². The molecule has 0 bridgehead atoms. The molecule has 0 aromatic heterocycles. The van der Waals surface area contributed by atoms with Gasteiger partial charge in [-0.1, -0.05) is 12.1 Å². The Morgan fingerprint density at radius 2 is 1.57 bits per heavy atom. The smallest absolute Gasteiger partial charge is 0.435 e. The number of nitrogens with one attached hydrogen (secondary N) is 2. The number of carbonyl (C=O) groups excluding carboxylic acids is 2. The number of likely N-dealkylation sites (tertiary alicyclic amines) is 1. The molecule has 3 fully saturated rings. The van der Waals surface area contributed by atoms with Crippen molar-refractivity contribution in [3.8, 4) is 5.75 Å². The Labute approximate surface area is 257 Å². The molecule has 2 saturated heterocycles. The van der Waals surface area contributed by atoms with Crippen LogP contribution < -0.4 is 15.4 Å². The lowest BCUT2D eigenvalue weighted by Gasteiger charge is -2.43. The molecule has 2 N–H and O–H groups in total. The number of amides is 3. The molecule has 3 aliphatic heterocycles. The molecule has 2 unspecified atom stereocenters. The monoisotopic (exact) mass is 681 g/mol. The van der Waals surface area contributed by atoms with Crippen molar-refractivity contribution in [3.63, 3.8) is 0 Å². The highest BCUT2D eigenvalue weighted by Crippen LogP contribution is 2.57. The Kier molecular flexibility index (Phi) is 7.33. The van der Waals surface area contributed by atoms with Gasteiger partial charge in [-0.3, -0.25) is 4.79 Å². The number of halogens is 8. The average Bonchev–Trinajstić information content (AvgIpc) is 3.57. The van der Waals surface area contributed by atoms with Gasteiger partial charge in [-0.15, -0.1) is 0 Å². The van der Waals surface area contributed by atoms with Crippen LogP contribution in [0, 0.1) is 11.7 Å². The van der Waals surface area contributed by atoms with Crippen LogP contribution in [0.15, 0.2) is 47.4 Å². The van der Waals surface area contributed by atoms with E-state index in [1.807, 2.05) is 0 Å². The summed E-state index contributed by atoms with van der Waals surface area (Å²) in [7, 11) is -4.65. The molecular weight excluding hydrogens is 654 g/mol. The molecule has 6 rings (SSSR count). The first-order valence-corrected chi connectivity index (χ1v) is 15.8. The van der Waals surface area contributed by atoms with Gasteiger partial charge in [-0.2, -0.15) is 26.3 Å². The summed E-state index contributed by atoms with van der Waals surface area (Å²) in [5.41, 5.74) is -8.50. The van der Waals surface area contributed by atoms with Gasteiger partial charge in [0, 0.05) is 30.1 Å². The number of urea groups is 1. The number of sulfone groups is 1. The predicted molar refractivity (Wildman–Crippen MR) is 143 cm³/mol. The normalized spacial score (nSPS) is 28.3. The second kappa shape index (κ2) is 10.4. The van der Waals surface area contributed by atoms with E-state index in [-0.39, 0.29) is 36.7 Å². The van der Waals surface area contributed by atoms with Gasteiger partial charge in [-0.25, -0.2) is 22.0 Å². The molecule has 2 aromatic rings. The fourth-order valence-corrected chi connectivity index (χ4v) is 9.63. The third-order valence-electron chi connectivity index (χ3n) is 9.80. The van der Waals surface area contributed by atoms with E-state index in [0.29, 0.717) is 38.3 Å². The summed E-state index contributed by atoms with van der Waals surface area (Å²) in [6, 6.07) is 3.17. The van der Waals surface area contributed by atoms with Crippen molar-refractivity contribution >= 4 is 21.8 Å². The molecule has 2 atom stereocenters. The van der Waals surface area contributed by atoms with E-state index in [0.717, 1.165) is 24.3 Å². The summed E-state index contributed by atoms with van der Waals surface area (Å²) in [4.78, 5) is 26.5. The Bertz CT molecular complexity index is 1660. The van der Waals surface area contributed by atoms with Crippen molar-refractivity contribution in [2.75, 3.05) is 19.7 Å². The molecule has 3 amide bonds. The summed E-state index contributed by atoms with van der Waals surface area (Å²) < 4.78 is 142. The lowest BCUT2D eigenvalue weighted by Crippen LogP contribution is -2.56. The van der Waals surface area contributed by atoms with Crippen LogP contribution in [0.2, 0.25) is 0 Å². The number of benzene rings is 2. The van der Waals surface area contributed by atoms with Crippen LogP contribution in [0.25, 0.3) is 0 Å². The quantitative estimate of drug-likeness (QED) is 0.349. The second-order valence-corrected chi connectivity index (χ2v) is 14.4. The molecule has 8 nitrogen and oxygen atoms in total. The third kappa shape index (κ3) is 4.62. The van der Waals surface area contributed by atoms with Crippen molar-refractivity contribution < 1.29 is 57.9 Å². The number of nitrogens with zero attached hydrogens (tertiary/aromatic N) is 1. The minimum atomic E-state index is -6.42. The zero-order chi connectivity index (χ0) is 33.5. The van der Waals surface area contributed by atoms with Crippen LogP contribution in [0.4, 0.5) is 39.9 Å². The average molecular weight is 682 g/mol. The molecule has 46 heavy (non-hydrogen) atoms. The van der Waals surface area contributed by atoms with Gasteiger partial charge in [0.05, 0.1) is 16.5 Å². The number of alkyl halides is 7. The van der Waals surface area contributed by atoms with Crippen LogP contribution in [-0.4, -0.2) is 68.9 Å². The summed E-state index contributed by atoms with van der Waals surface area (Å²) >= 11 is 0. The van der Waals surface area contributed by atoms with E-state index in [2.05, 4.69) is 10.6 Å². The largest absolute Gasteiger partial charge is 0.491 e. The summed E-state index contributed by atoms with van der Waals surface area (Å²) in [6.45, 7) is -0.420.